The van der Waals surface area contributed by atoms with Crippen molar-refractivity contribution in [2.24, 2.45) is 11.1 Å². The Labute approximate surface area is 99.6 Å². The molecule has 2 N–H and O–H groups in total. The fourth-order valence-electron chi connectivity index (χ4n) is 1.18. The van der Waals surface area contributed by atoms with Gasteiger partial charge in [0.1, 0.15) is 0 Å². The molecule has 0 unspecified atom stereocenters. The summed E-state index contributed by atoms with van der Waals surface area (Å²) in [6.45, 7) is 7.97. The van der Waals surface area contributed by atoms with Crippen molar-refractivity contribution < 1.29 is 4.74 Å². The Hall–Kier alpha value is -0.150. The summed E-state index contributed by atoms with van der Waals surface area (Å²) >= 11 is 4.99. The van der Waals surface area contributed by atoms with Crippen LogP contribution in [0.15, 0.2) is 0 Å². The van der Waals surface area contributed by atoms with E-state index in [-0.39, 0.29) is 5.41 Å². The predicted octanol–water partition coefficient (Wildman–Crippen LogP) is 3.29. The fourth-order valence-corrected chi connectivity index (χ4v) is 1.29. The van der Waals surface area contributed by atoms with E-state index in [1.807, 2.05) is 0 Å². The van der Waals surface area contributed by atoms with Gasteiger partial charge in [0.25, 0.3) is 0 Å². The lowest BCUT2D eigenvalue weighted by Crippen LogP contribution is -2.30. The molecule has 0 aliphatic rings. The van der Waals surface area contributed by atoms with E-state index in [4.69, 9.17) is 22.7 Å². The molecular formula is C12H25NOS. The van der Waals surface area contributed by atoms with Gasteiger partial charge in [0.05, 0.1) is 4.99 Å². The molecular weight excluding hydrogens is 206 g/mol. The van der Waals surface area contributed by atoms with Crippen LogP contribution in [0.2, 0.25) is 0 Å². The van der Waals surface area contributed by atoms with Gasteiger partial charge in [0.15, 0.2) is 0 Å². The fraction of sp³-hybridized carbons (Fsp3) is 0.917. The van der Waals surface area contributed by atoms with Crippen molar-refractivity contribution in [1.82, 2.24) is 0 Å². The SMILES string of the molecule is CCCCCCOCCC(C)(C)C(N)=S. The van der Waals surface area contributed by atoms with Crippen LogP contribution in [0.1, 0.15) is 52.9 Å². The van der Waals surface area contributed by atoms with E-state index >= 15 is 0 Å². The number of hydrogen-bond donors (Lipinski definition) is 1. The Kier molecular flexibility index (Phi) is 7.97. The zero-order chi connectivity index (χ0) is 11.7. The summed E-state index contributed by atoms with van der Waals surface area (Å²) in [6.07, 6.45) is 5.93. The quantitative estimate of drug-likeness (QED) is 0.488. The standard InChI is InChI=1S/C12H25NOS/c1-4-5-6-7-9-14-10-8-12(2,3)11(13)15/h4-10H2,1-3H3,(H2,13,15). The van der Waals surface area contributed by atoms with Crippen LogP contribution in [0.5, 0.6) is 0 Å². The molecule has 0 spiro atoms. The molecule has 0 rings (SSSR count). The van der Waals surface area contributed by atoms with Crippen LogP contribution >= 0.6 is 12.2 Å². The molecule has 0 saturated carbocycles. The van der Waals surface area contributed by atoms with Crippen LogP contribution in [0, 0.1) is 5.41 Å². The van der Waals surface area contributed by atoms with E-state index in [1.54, 1.807) is 0 Å². The highest BCUT2D eigenvalue weighted by molar-refractivity contribution is 7.80. The van der Waals surface area contributed by atoms with Crippen molar-refractivity contribution in [2.75, 3.05) is 13.2 Å². The van der Waals surface area contributed by atoms with Crippen molar-refractivity contribution >= 4 is 17.2 Å². The smallest absolute Gasteiger partial charge is 0.0785 e. The second-order valence-electron chi connectivity index (χ2n) is 4.67. The minimum absolute atomic E-state index is 0.0707. The summed E-state index contributed by atoms with van der Waals surface area (Å²) < 4.78 is 5.55. The Morgan fingerprint density at radius 3 is 2.40 bits per heavy atom. The van der Waals surface area contributed by atoms with Crippen molar-refractivity contribution in [3.63, 3.8) is 0 Å². The Morgan fingerprint density at radius 1 is 1.20 bits per heavy atom. The van der Waals surface area contributed by atoms with E-state index in [0.29, 0.717) is 4.99 Å². The van der Waals surface area contributed by atoms with Gasteiger partial charge in [0.2, 0.25) is 0 Å². The molecule has 2 nitrogen and oxygen atoms in total. The van der Waals surface area contributed by atoms with Crippen LogP contribution in [-0.4, -0.2) is 18.2 Å². The molecule has 0 aliphatic heterocycles. The normalized spacial score (nSPS) is 11.7. The second-order valence-corrected chi connectivity index (χ2v) is 5.11. The lowest BCUT2D eigenvalue weighted by atomic mass is 9.90. The zero-order valence-corrected chi connectivity index (χ0v) is 11.2. The van der Waals surface area contributed by atoms with Gasteiger partial charge in [-0.1, -0.05) is 52.3 Å². The minimum atomic E-state index is -0.0707. The molecule has 15 heavy (non-hydrogen) atoms. The molecule has 0 bridgehead atoms. The van der Waals surface area contributed by atoms with Crippen molar-refractivity contribution in [1.29, 1.82) is 0 Å². The highest BCUT2D eigenvalue weighted by Gasteiger charge is 2.20. The highest BCUT2D eigenvalue weighted by atomic mass is 32.1. The van der Waals surface area contributed by atoms with Crippen LogP contribution in [0.3, 0.4) is 0 Å². The maximum Gasteiger partial charge on any atom is 0.0785 e. The summed E-state index contributed by atoms with van der Waals surface area (Å²) in [6, 6.07) is 0. The number of rotatable bonds is 9. The summed E-state index contributed by atoms with van der Waals surface area (Å²) in [7, 11) is 0. The van der Waals surface area contributed by atoms with Gasteiger partial charge < -0.3 is 10.5 Å². The zero-order valence-electron chi connectivity index (χ0n) is 10.3. The summed E-state index contributed by atoms with van der Waals surface area (Å²) in [4.78, 5) is 0.581. The van der Waals surface area contributed by atoms with E-state index in [2.05, 4.69) is 20.8 Å². The third-order valence-electron chi connectivity index (χ3n) is 2.68. The molecule has 90 valence electrons. The minimum Gasteiger partial charge on any atom is -0.393 e. The lowest BCUT2D eigenvalue weighted by molar-refractivity contribution is 0.113. The topological polar surface area (TPSA) is 35.2 Å². The first-order valence-corrected chi connectivity index (χ1v) is 6.29. The van der Waals surface area contributed by atoms with Crippen LogP contribution in [0.4, 0.5) is 0 Å². The Bertz CT molecular complexity index is 180. The second kappa shape index (κ2) is 8.05. The molecule has 0 aromatic heterocycles. The average molecular weight is 231 g/mol. The molecule has 3 heteroatoms. The molecule has 0 aliphatic carbocycles. The number of hydrogen-bond acceptors (Lipinski definition) is 2. The van der Waals surface area contributed by atoms with Gasteiger partial charge in [-0.25, -0.2) is 0 Å². The van der Waals surface area contributed by atoms with Crippen molar-refractivity contribution in [2.45, 2.75) is 52.9 Å². The monoisotopic (exact) mass is 231 g/mol. The van der Waals surface area contributed by atoms with Gasteiger partial charge >= 0.3 is 0 Å². The highest BCUT2D eigenvalue weighted by Crippen LogP contribution is 2.20. The first kappa shape index (κ1) is 14.8. The van der Waals surface area contributed by atoms with Crippen molar-refractivity contribution in [3.05, 3.63) is 0 Å². The third kappa shape index (κ3) is 7.74. The van der Waals surface area contributed by atoms with E-state index < -0.39 is 0 Å². The van der Waals surface area contributed by atoms with E-state index in [0.717, 1.165) is 19.6 Å². The molecule has 0 amide bonds. The van der Waals surface area contributed by atoms with Crippen LogP contribution in [-0.2, 0) is 4.74 Å². The summed E-state index contributed by atoms with van der Waals surface area (Å²) in [5, 5.41) is 0. The van der Waals surface area contributed by atoms with E-state index in [1.165, 1.54) is 25.7 Å². The Balaban J connectivity index is 3.35. The molecule has 0 aromatic rings. The number of ether oxygens (including phenoxy) is 1. The number of thiocarbonyl (C=S) groups is 1. The van der Waals surface area contributed by atoms with E-state index in [9.17, 15) is 0 Å². The van der Waals surface area contributed by atoms with Crippen molar-refractivity contribution in [3.8, 4) is 0 Å². The maximum absolute atomic E-state index is 5.63. The third-order valence-corrected chi connectivity index (χ3v) is 3.23. The number of unbranched alkanes of at least 4 members (excludes halogenated alkanes) is 3. The Morgan fingerprint density at radius 2 is 1.87 bits per heavy atom. The molecule has 0 atom stereocenters. The lowest BCUT2D eigenvalue weighted by Gasteiger charge is -2.22. The molecule has 0 aromatic carbocycles. The maximum atomic E-state index is 5.63. The average Bonchev–Trinajstić information content (AvgIpc) is 2.16. The van der Waals surface area contributed by atoms with Gasteiger partial charge in [-0.05, 0) is 12.8 Å². The predicted molar refractivity (Wildman–Crippen MR) is 70.1 cm³/mol. The first-order valence-electron chi connectivity index (χ1n) is 5.88. The molecule has 0 heterocycles. The summed E-state index contributed by atoms with van der Waals surface area (Å²) in [5.41, 5.74) is 5.56. The number of nitrogens with two attached hydrogens (primary N) is 1. The van der Waals surface area contributed by atoms with Crippen LogP contribution < -0.4 is 5.73 Å². The molecule has 0 saturated heterocycles. The molecule has 0 fully saturated rings. The molecule has 0 radical (unpaired) electrons. The summed E-state index contributed by atoms with van der Waals surface area (Å²) in [5.74, 6) is 0. The van der Waals surface area contributed by atoms with Gasteiger partial charge in [-0.15, -0.1) is 0 Å². The first-order chi connectivity index (χ1) is 7.00. The van der Waals surface area contributed by atoms with Gasteiger partial charge in [-0.2, -0.15) is 0 Å². The van der Waals surface area contributed by atoms with Gasteiger partial charge in [-0.3, -0.25) is 0 Å². The van der Waals surface area contributed by atoms with Crippen LogP contribution in [0.25, 0.3) is 0 Å². The largest absolute Gasteiger partial charge is 0.393 e. The van der Waals surface area contributed by atoms with Gasteiger partial charge in [0, 0.05) is 18.6 Å².